The van der Waals surface area contributed by atoms with Gasteiger partial charge in [0.25, 0.3) is 5.91 Å². The van der Waals surface area contributed by atoms with Gasteiger partial charge in [-0.1, -0.05) is 24.3 Å². The van der Waals surface area contributed by atoms with Gasteiger partial charge in [-0.2, -0.15) is 0 Å². The van der Waals surface area contributed by atoms with Crippen molar-refractivity contribution in [3.05, 3.63) is 65.0 Å². The van der Waals surface area contributed by atoms with Crippen molar-refractivity contribution in [2.75, 3.05) is 34.3 Å². The van der Waals surface area contributed by atoms with E-state index >= 15 is 0 Å². The number of para-hydroxylation sites is 1. The van der Waals surface area contributed by atoms with Gasteiger partial charge in [-0.15, -0.1) is 0 Å². The van der Waals surface area contributed by atoms with Crippen LogP contribution in [-0.4, -0.2) is 51.1 Å². The summed E-state index contributed by atoms with van der Waals surface area (Å²) in [6, 6.07) is 12.3. The van der Waals surface area contributed by atoms with Gasteiger partial charge in [0.15, 0.2) is 5.96 Å². The minimum Gasteiger partial charge on any atom is -0.496 e. The maximum absolute atomic E-state index is 13.6. The predicted octanol–water partition coefficient (Wildman–Crippen LogP) is 2.58. The molecule has 0 heterocycles. The Bertz CT molecular complexity index is 839. The Morgan fingerprint density at radius 2 is 1.89 bits per heavy atom. The smallest absolute Gasteiger partial charge is 0.251 e. The van der Waals surface area contributed by atoms with Gasteiger partial charge in [0.05, 0.1) is 7.11 Å². The van der Waals surface area contributed by atoms with E-state index < -0.39 is 0 Å². The molecule has 6 nitrogen and oxygen atoms in total. The lowest BCUT2D eigenvalue weighted by Gasteiger charge is -2.23. The average Bonchev–Trinajstić information content (AvgIpc) is 2.70. The monoisotopic (exact) mass is 386 g/mol. The van der Waals surface area contributed by atoms with Crippen LogP contribution in [0, 0.1) is 12.7 Å². The first-order valence-electron chi connectivity index (χ1n) is 9.04. The van der Waals surface area contributed by atoms with Gasteiger partial charge in [0, 0.05) is 44.9 Å². The highest BCUT2D eigenvalue weighted by Crippen LogP contribution is 2.18. The Labute approximate surface area is 165 Å². The highest BCUT2D eigenvalue weighted by atomic mass is 19.1. The molecule has 7 heteroatoms. The molecule has 0 aliphatic carbocycles. The van der Waals surface area contributed by atoms with Crippen LogP contribution in [0.2, 0.25) is 0 Å². The third kappa shape index (κ3) is 5.70. The lowest BCUT2D eigenvalue weighted by molar-refractivity contribution is 0.0954. The summed E-state index contributed by atoms with van der Waals surface area (Å²) >= 11 is 0. The summed E-state index contributed by atoms with van der Waals surface area (Å²) in [7, 11) is 5.28. The van der Waals surface area contributed by atoms with Gasteiger partial charge in [0.2, 0.25) is 0 Å². The quantitative estimate of drug-likeness (QED) is 0.436. The van der Waals surface area contributed by atoms with Gasteiger partial charge in [0.1, 0.15) is 11.6 Å². The number of nitrogens with one attached hydrogen (secondary N) is 2. The number of hydrogen-bond donors (Lipinski definition) is 2. The van der Waals surface area contributed by atoms with E-state index in [2.05, 4.69) is 15.6 Å². The molecule has 0 spiro atoms. The van der Waals surface area contributed by atoms with Gasteiger partial charge < -0.3 is 20.3 Å². The molecule has 0 atom stereocenters. The third-order valence-corrected chi connectivity index (χ3v) is 4.30. The van der Waals surface area contributed by atoms with Crippen LogP contribution in [0.4, 0.5) is 4.39 Å². The predicted molar refractivity (Wildman–Crippen MR) is 109 cm³/mol. The van der Waals surface area contributed by atoms with E-state index in [0.717, 1.165) is 11.3 Å². The zero-order valence-electron chi connectivity index (χ0n) is 16.8. The second-order valence-corrected chi connectivity index (χ2v) is 6.36. The number of benzene rings is 2. The second-order valence-electron chi connectivity index (χ2n) is 6.36. The molecule has 0 fully saturated rings. The maximum atomic E-state index is 13.6. The van der Waals surface area contributed by atoms with Crippen molar-refractivity contribution in [1.29, 1.82) is 0 Å². The molecule has 1 amide bonds. The summed E-state index contributed by atoms with van der Waals surface area (Å²) in [6.07, 6.45) is 0. The first kappa shape index (κ1) is 21.2. The molecule has 0 saturated heterocycles. The molecule has 0 aromatic heterocycles. The zero-order valence-corrected chi connectivity index (χ0v) is 16.8. The number of aryl methyl sites for hydroxylation is 1. The van der Waals surface area contributed by atoms with Crippen molar-refractivity contribution in [3.63, 3.8) is 0 Å². The molecule has 28 heavy (non-hydrogen) atoms. The standard InChI is InChI=1S/C21H27FN4O2/c1-15-9-10-16(13-18(15)22)20(27)24-11-12-25-21(23-2)26(3)14-17-7-5-6-8-19(17)28-4/h5-10,13H,11-12,14H2,1-4H3,(H,23,25)(H,24,27). The van der Waals surface area contributed by atoms with Crippen molar-refractivity contribution >= 4 is 11.9 Å². The fourth-order valence-electron chi connectivity index (χ4n) is 2.74. The van der Waals surface area contributed by atoms with Gasteiger partial charge in [-0.25, -0.2) is 4.39 Å². The Balaban J connectivity index is 1.83. The van der Waals surface area contributed by atoms with Gasteiger partial charge in [-0.05, 0) is 30.7 Å². The van der Waals surface area contributed by atoms with E-state index in [0.29, 0.717) is 36.7 Å². The normalized spacial score (nSPS) is 11.1. The van der Waals surface area contributed by atoms with Gasteiger partial charge in [-0.3, -0.25) is 9.79 Å². The molecule has 0 unspecified atom stereocenters. The molecule has 0 radical (unpaired) electrons. The van der Waals surface area contributed by atoms with Crippen LogP contribution in [0.5, 0.6) is 5.75 Å². The van der Waals surface area contributed by atoms with E-state index in [1.54, 1.807) is 33.2 Å². The number of rotatable bonds is 7. The molecule has 2 rings (SSSR count). The molecule has 0 aliphatic rings. The van der Waals surface area contributed by atoms with E-state index in [-0.39, 0.29) is 11.7 Å². The molecule has 2 aromatic rings. The third-order valence-electron chi connectivity index (χ3n) is 4.30. The van der Waals surface area contributed by atoms with Crippen LogP contribution in [0.25, 0.3) is 0 Å². The minimum atomic E-state index is -0.385. The SMILES string of the molecule is CN=C(NCCNC(=O)c1ccc(C)c(F)c1)N(C)Cc1ccccc1OC. The fraction of sp³-hybridized carbons (Fsp3) is 0.333. The molecule has 2 N–H and O–H groups in total. The summed E-state index contributed by atoms with van der Waals surface area (Å²) in [5.74, 6) is 0.825. The van der Waals surface area contributed by atoms with Crippen molar-refractivity contribution in [3.8, 4) is 5.75 Å². The van der Waals surface area contributed by atoms with E-state index in [9.17, 15) is 9.18 Å². The highest BCUT2D eigenvalue weighted by Gasteiger charge is 2.11. The number of methoxy groups -OCH3 is 1. The number of guanidine groups is 1. The van der Waals surface area contributed by atoms with Crippen molar-refractivity contribution in [1.82, 2.24) is 15.5 Å². The van der Waals surface area contributed by atoms with Gasteiger partial charge >= 0.3 is 0 Å². The summed E-state index contributed by atoms with van der Waals surface area (Å²) < 4.78 is 19.0. The van der Waals surface area contributed by atoms with E-state index in [4.69, 9.17) is 4.74 Å². The second kappa shape index (κ2) is 10.3. The van der Waals surface area contributed by atoms with Crippen LogP contribution in [-0.2, 0) is 6.54 Å². The van der Waals surface area contributed by atoms with E-state index in [1.165, 1.54) is 6.07 Å². The average molecular weight is 386 g/mol. The van der Waals surface area contributed by atoms with Crippen molar-refractivity contribution < 1.29 is 13.9 Å². The molecule has 2 aromatic carbocycles. The topological polar surface area (TPSA) is 66.0 Å². The summed E-state index contributed by atoms with van der Waals surface area (Å²) in [6.45, 7) is 3.16. The molecular weight excluding hydrogens is 359 g/mol. The Kier molecular flexibility index (Phi) is 7.80. The highest BCUT2D eigenvalue weighted by molar-refractivity contribution is 5.94. The van der Waals surface area contributed by atoms with Crippen LogP contribution >= 0.6 is 0 Å². The fourth-order valence-corrected chi connectivity index (χ4v) is 2.74. The molecule has 0 saturated carbocycles. The maximum Gasteiger partial charge on any atom is 0.251 e. The Morgan fingerprint density at radius 3 is 2.57 bits per heavy atom. The number of aliphatic imine (C=N–C) groups is 1. The number of halogens is 1. The number of nitrogens with zero attached hydrogens (tertiary/aromatic N) is 2. The molecular formula is C21H27FN4O2. The lowest BCUT2D eigenvalue weighted by Crippen LogP contribution is -2.42. The van der Waals surface area contributed by atoms with E-state index in [1.807, 2.05) is 36.2 Å². The summed E-state index contributed by atoms with van der Waals surface area (Å²) in [4.78, 5) is 18.3. The molecule has 0 aliphatic heterocycles. The zero-order chi connectivity index (χ0) is 20.5. The van der Waals surface area contributed by atoms with Crippen molar-refractivity contribution in [2.24, 2.45) is 4.99 Å². The number of amides is 1. The number of carbonyl (C=O) groups excluding carboxylic acids is 1. The van der Waals surface area contributed by atoms with Crippen LogP contribution in [0.3, 0.4) is 0 Å². The summed E-state index contributed by atoms with van der Waals surface area (Å²) in [5, 5.41) is 5.97. The minimum absolute atomic E-state index is 0.306. The van der Waals surface area contributed by atoms with Crippen LogP contribution < -0.4 is 15.4 Å². The number of carbonyl (C=O) groups is 1. The Morgan fingerprint density at radius 1 is 1.18 bits per heavy atom. The first-order chi connectivity index (χ1) is 13.5. The van der Waals surface area contributed by atoms with Crippen LogP contribution in [0.1, 0.15) is 21.5 Å². The van der Waals surface area contributed by atoms with Crippen LogP contribution in [0.15, 0.2) is 47.5 Å². The number of hydrogen-bond acceptors (Lipinski definition) is 3. The lowest BCUT2D eigenvalue weighted by atomic mass is 10.1. The largest absolute Gasteiger partial charge is 0.496 e. The number of ether oxygens (including phenoxy) is 1. The van der Waals surface area contributed by atoms with Crippen molar-refractivity contribution in [2.45, 2.75) is 13.5 Å². The molecule has 150 valence electrons. The summed E-state index contributed by atoms with van der Waals surface area (Å²) in [5.41, 5.74) is 1.87. The first-order valence-corrected chi connectivity index (χ1v) is 9.04. The Hall–Kier alpha value is -3.09. The molecule has 0 bridgehead atoms.